The van der Waals surface area contributed by atoms with Crippen molar-refractivity contribution in [2.45, 2.75) is 52.9 Å². The third kappa shape index (κ3) is 6.00. The molecule has 33 heavy (non-hydrogen) atoms. The molecule has 0 fully saturated rings. The third-order valence-corrected chi connectivity index (χ3v) is 5.95. The summed E-state index contributed by atoms with van der Waals surface area (Å²) in [4.78, 5) is 29.8. The van der Waals surface area contributed by atoms with Gasteiger partial charge in [-0.15, -0.1) is 0 Å². The van der Waals surface area contributed by atoms with E-state index >= 15 is 0 Å². The first kappa shape index (κ1) is 24.5. The number of nitrogens with one attached hydrogen (secondary N) is 1. The lowest BCUT2D eigenvalue weighted by Crippen LogP contribution is -2.29. The minimum Gasteiger partial charge on any atom is -0.352 e. The summed E-state index contributed by atoms with van der Waals surface area (Å²) in [5.41, 5.74) is 4.80. The molecule has 3 aromatic rings. The number of Topliss-reactive ketones (excluding diaryl/α,β-unsaturated/α-hetero) is 1. The van der Waals surface area contributed by atoms with Crippen molar-refractivity contribution >= 4 is 28.9 Å². The van der Waals surface area contributed by atoms with Gasteiger partial charge in [0.15, 0.2) is 0 Å². The van der Waals surface area contributed by atoms with Crippen molar-refractivity contribution in [3.05, 3.63) is 69.6 Å². The third-order valence-electron chi connectivity index (χ3n) is 5.63. The molecule has 0 radical (unpaired) electrons. The van der Waals surface area contributed by atoms with Gasteiger partial charge in [0.05, 0.1) is 16.3 Å². The van der Waals surface area contributed by atoms with Gasteiger partial charge in [-0.25, -0.2) is 4.98 Å². The van der Waals surface area contributed by atoms with Crippen molar-refractivity contribution in [1.29, 1.82) is 5.26 Å². The second-order valence-corrected chi connectivity index (χ2v) is 8.82. The molecule has 0 aliphatic rings. The number of benzene rings is 1. The molecule has 172 valence electrons. The van der Waals surface area contributed by atoms with E-state index in [1.165, 1.54) is 5.69 Å². The quantitative estimate of drug-likeness (QED) is 0.460. The SMILES string of the molecule is CCCc1nc2cc(C(=O)NCC(C)CC(=O)Cc3ccc(C#N)c(Cl)c3)ccn2c1CC. The number of amides is 1. The van der Waals surface area contributed by atoms with Crippen LogP contribution in [0.25, 0.3) is 5.65 Å². The highest BCUT2D eigenvalue weighted by atomic mass is 35.5. The van der Waals surface area contributed by atoms with E-state index in [9.17, 15) is 9.59 Å². The predicted molar refractivity (Wildman–Crippen MR) is 130 cm³/mol. The Balaban J connectivity index is 1.56. The van der Waals surface area contributed by atoms with Crippen LogP contribution in [-0.4, -0.2) is 27.6 Å². The van der Waals surface area contributed by atoms with Crippen LogP contribution in [-0.2, 0) is 24.1 Å². The highest BCUT2D eigenvalue weighted by Gasteiger charge is 2.15. The van der Waals surface area contributed by atoms with Crippen LogP contribution in [0.2, 0.25) is 5.02 Å². The molecule has 7 heteroatoms. The Kier molecular flexibility index (Phi) is 8.24. The molecule has 1 N–H and O–H groups in total. The number of aryl methyl sites for hydroxylation is 2. The van der Waals surface area contributed by atoms with Crippen LogP contribution >= 0.6 is 11.6 Å². The van der Waals surface area contributed by atoms with E-state index in [-0.39, 0.29) is 24.0 Å². The average molecular weight is 465 g/mol. The zero-order valence-electron chi connectivity index (χ0n) is 19.3. The Morgan fingerprint density at radius 3 is 2.70 bits per heavy atom. The number of imidazole rings is 1. The maximum absolute atomic E-state index is 12.7. The minimum atomic E-state index is -0.172. The highest BCUT2D eigenvalue weighted by molar-refractivity contribution is 6.31. The number of hydrogen-bond acceptors (Lipinski definition) is 4. The zero-order chi connectivity index (χ0) is 24.0. The van der Waals surface area contributed by atoms with Gasteiger partial charge >= 0.3 is 0 Å². The summed E-state index contributed by atoms with van der Waals surface area (Å²) in [6, 6.07) is 10.7. The molecule has 0 spiro atoms. The number of nitrogens with zero attached hydrogens (tertiary/aromatic N) is 3. The van der Waals surface area contributed by atoms with Crippen LogP contribution in [0.5, 0.6) is 0 Å². The molecule has 6 nitrogen and oxygen atoms in total. The molecular weight excluding hydrogens is 436 g/mol. The maximum atomic E-state index is 12.7. The van der Waals surface area contributed by atoms with Crippen molar-refractivity contribution in [2.24, 2.45) is 5.92 Å². The number of carbonyl (C=O) groups is 2. The van der Waals surface area contributed by atoms with Gasteiger partial charge in [-0.2, -0.15) is 5.26 Å². The maximum Gasteiger partial charge on any atom is 0.251 e. The van der Waals surface area contributed by atoms with Crippen molar-refractivity contribution in [2.75, 3.05) is 6.54 Å². The number of pyridine rings is 1. The first-order valence-electron chi connectivity index (χ1n) is 11.3. The molecule has 1 unspecified atom stereocenters. The fourth-order valence-electron chi connectivity index (χ4n) is 3.99. The number of rotatable bonds is 10. The lowest BCUT2D eigenvalue weighted by atomic mass is 9.99. The van der Waals surface area contributed by atoms with Crippen molar-refractivity contribution in [1.82, 2.24) is 14.7 Å². The molecule has 1 atom stereocenters. The first-order chi connectivity index (χ1) is 15.9. The number of hydrogen-bond donors (Lipinski definition) is 1. The molecule has 2 heterocycles. The topological polar surface area (TPSA) is 87.3 Å². The van der Waals surface area contributed by atoms with Crippen molar-refractivity contribution in [3.8, 4) is 6.07 Å². The molecule has 0 bridgehead atoms. The monoisotopic (exact) mass is 464 g/mol. The summed E-state index contributed by atoms with van der Waals surface area (Å²) in [6.07, 6.45) is 5.34. The molecule has 0 aliphatic carbocycles. The number of aromatic nitrogens is 2. The molecule has 0 aliphatic heterocycles. The number of halogens is 1. The van der Waals surface area contributed by atoms with Gasteiger partial charge in [0.1, 0.15) is 17.5 Å². The van der Waals surface area contributed by atoms with Crippen LogP contribution < -0.4 is 5.32 Å². The molecular formula is C26H29ClN4O2. The summed E-state index contributed by atoms with van der Waals surface area (Å²) in [5, 5.41) is 12.2. The molecule has 0 saturated heterocycles. The van der Waals surface area contributed by atoms with Gasteiger partial charge in [0, 0.05) is 36.8 Å². The van der Waals surface area contributed by atoms with E-state index in [1.807, 2.05) is 31.3 Å². The normalized spacial score (nSPS) is 11.8. The second kappa shape index (κ2) is 11.1. The Hall–Kier alpha value is -3.17. The second-order valence-electron chi connectivity index (χ2n) is 8.41. The highest BCUT2D eigenvalue weighted by Crippen LogP contribution is 2.19. The lowest BCUT2D eigenvalue weighted by Gasteiger charge is -2.12. The largest absolute Gasteiger partial charge is 0.352 e. The molecule has 3 rings (SSSR count). The summed E-state index contributed by atoms with van der Waals surface area (Å²) >= 11 is 6.04. The van der Waals surface area contributed by atoms with Crippen molar-refractivity contribution in [3.63, 3.8) is 0 Å². The van der Waals surface area contributed by atoms with E-state index in [0.29, 0.717) is 29.1 Å². The summed E-state index contributed by atoms with van der Waals surface area (Å²) in [6.45, 7) is 6.58. The number of fused-ring (bicyclic) bond motifs is 1. The Morgan fingerprint density at radius 2 is 2.03 bits per heavy atom. The van der Waals surface area contributed by atoms with E-state index in [0.717, 1.165) is 36.2 Å². The smallest absolute Gasteiger partial charge is 0.251 e. The minimum absolute atomic E-state index is 0.00619. The summed E-state index contributed by atoms with van der Waals surface area (Å²) in [7, 11) is 0. The summed E-state index contributed by atoms with van der Waals surface area (Å²) < 4.78 is 2.05. The Labute approximate surface area is 199 Å². The number of nitriles is 1. The van der Waals surface area contributed by atoms with E-state index < -0.39 is 0 Å². The van der Waals surface area contributed by atoms with Gasteiger partial charge in [-0.1, -0.05) is 44.9 Å². The van der Waals surface area contributed by atoms with Gasteiger partial charge in [-0.3, -0.25) is 9.59 Å². The predicted octanol–water partition coefficient (Wildman–Crippen LogP) is 4.94. The standard InChI is InChI=1S/C26H29ClN4O2/c1-4-6-23-24(5-2)31-10-9-19(14-25(31)30-23)26(33)29-16-17(3)11-21(32)12-18-7-8-20(15-28)22(27)13-18/h7-10,13-14,17H,4-6,11-12,16H2,1-3H3,(H,29,33). The molecule has 1 amide bonds. The van der Waals surface area contributed by atoms with Gasteiger partial charge in [0.25, 0.3) is 5.91 Å². The van der Waals surface area contributed by atoms with Crippen molar-refractivity contribution < 1.29 is 9.59 Å². The Bertz CT molecular complexity index is 1210. The summed E-state index contributed by atoms with van der Waals surface area (Å²) in [5.74, 6) is -0.117. The molecule has 2 aromatic heterocycles. The van der Waals surface area contributed by atoms with Gasteiger partial charge < -0.3 is 9.72 Å². The van der Waals surface area contributed by atoms with Gasteiger partial charge in [0.2, 0.25) is 0 Å². The van der Waals surface area contributed by atoms with Crippen LogP contribution in [0.1, 0.15) is 66.5 Å². The van der Waals surface area contributed by atoms with Crippen LogP contribution in [0.4, 0.5) is 0 Å². The number of ketones is 1. The fraction of sp³-hybridized carbons (Fsp3) is 0.385. The Morgan fingerprint density at radius 1 is 1.24 bits per heavy atom. The van der Waals surface area contributed by atoms with Gasteiger partial charge in [-0.05, 0) is 48.6 Å². The number of carbonyl (C=O) groups excluding carboxylic acids is 2. The molecule has 1 aromatic carbocycles. The zero-order valence-corrected chi connectivity index (χ0v) is 20.1. The first-order valence-corrected chi connectivity index (χ1v) is 11.7. The van der Waals surface area contributed by atoms with Crippen LogP contribution in [0.3, 0.4) is 0 Å². The van der Waals surface area contributed by atoms with E-state index in [1.54, 1.807) is 18.2 Å². The van der Waals surface area contributed by atoms with E-state index in [2.05, 4.69) is 23.6 Å². The molecule has 0 saturated carbocycles. The fourth-order valence-corrected chi connectivity index (χ4v) is 4.23. The van der Waals surface area contributed by atoms with E-state index in [4.69, 9.17) is 21.8 Å². The lowest BCUT2D eigenvalue weighted by molar-refractivity contribution is -0.119. The average Bonchev–Trinajstić information content (AvgIpc) is 3.14. The van der Waals surface area contributed by atoms with Crippen LogP contribution in [0.15, 0.2) is 36.5 Å². The van der Waals surface area contributed by atoms with Crippen LogP contribution in [0, 0.1) is 17.2 Å².